The lowest BCUT2D eigenvalue weighted by molar-refractivity contribution is 0.414. The number of hydrogen-bond acceptors (Lipinski definition) is 7. The number of fused-ring (bicyclic) bond motifs is 2. The van der Waals surface area contributed by atoms with Gasteiger partial charge in [0.1, 0.15) is 28.4 Å². The second-order valence-corrected chi connectivity index (χ2v) is 9.62. The first-order chi connectivity index (χ1) is 16.8. The molecule has 0 aliphatic heterocycles. The van der Waals surface area contributed by atoms with Crippen LogP contribution in [0.2, 0.25) is 0 Å². The summed E-state index contributed by atoms with van der Waals surface area (Å²) in [4.78, 5) is 26.4. The first-order valence-corrected chi connectivity index (χ1v) is 11.9. The van der Waals surface area contributed by atoms with Crippen LogP contribution in [0.1, 0.15) is 22.6 Å². The normalized spacial score (nSPS) is 11.4. The van der Waals surface area contributed by atoms with Crippen molar-refractivity contribution in [1.29, 1.82) is 0 Å². The predicted octanol–water partition coefficient (Wildman–Crippen LogP) is 6.02. The number of benzene rings is 3. The molecule has 0 aliphatic carbocycles. The van der Waals surface area contributed by atoms with Gasteiger partial charge in [0, 0.05) is 8.95 Å². The maximum Gasteiger partial charge on any atom is 0.344 e. The van der Waals surface area contributed by atoms with E-state index in [1.54, 1.807) is 60.7 Å². The van der Waals surface area contributed by atoms with Crippen LogP contribution in [0.15, 0.2) is 88.0 Å². The summed E-state index contributed by atoms with van der Waals surface area (Å²) in [6, 6.07) is 16.2. The summed E-state index contributed by atoms with van der Waals surface area (Å²) >= 11 is 6.71. The minimum Gasteiger partial charge on any atom is -0.507 e. The van der Waals surface area contributed by atoms with E-state index in [9.17, 15) is 19.8 Å². The average molecular weight is 600 g/mol. The highest BCUT2D eigenvalue weighted by Crippen LogP contribution is 2.42. The highest BCUT2D eigenvalue weighted by atomic mass is 79.9. The first-order valence-electron chi connectivity index (χ1n) is 10.3. The smallest absolute Gasteiger partial charge is 0.344 e. The Morgan fingerprint density at radius 3 is 1.63 bits per heavy atom. The molecular weight excluding hydrogens is 584 g/mol. The van der Waals surface area contributed by atoms with E-state index in [0.717, 1.165) is 0 Å². The summed E-state index contributed by atoms with van der Waals surface area (Å²) in [7, 11) is 1.51. The molecule has 0 unspecified atom stereocenters. The minimum atomic E-state index is -1.21. The van der Waals surface area contributed by atoms with Crippen molar-refractivity contribution >= 4 is 53.8 Å². The zero-order valence-corrected chi connectivity index (χ0v) is 21.2. The summed E-state index contributed by atoms with van der Waals surface area (Å²) in [5.41, 5.74) is -1.36. The molecule has 5 aromatic rings. The van der Waals surface area contributed by atoms with E-state index in [0.29, 0.717) is 20.3 Å². The Morgan fingerprint density at radius 1 is 0.743 bits per heavy atom. The van der Waals surface area contributed by atoms with Crippen molar-refractivity contribution < 1.29 is 23.8 Å². The van der Waals surface area contributed by atoms with Gasteiger partial charge in [-0.3, -0.25) is 0 Å². The number of halogens is 2. The lowest BCUT2D eigenvalue weighted by Crippen LogP contribution is -2.21. The molecule has 0 saturated heterocycles. The minimum absolute atomic E-state index is 0.173. The molecule has 5 rings (SSSR count). The summed E-state index contributed by atoms with van der Waals surface area (Å²) in [6.45, 7) is 0. The van der Waals surface area contributed by atoms with Crippen molar-refractivity contribution in [2.45, 2.75) is 5.92 Å². The molecule has 0 radical (unpaired) electrons. The molecule has 7 nitrogen and oxygen atoms in total. The van der Waals surface area contributed by atoms with Crippen LogP contribution in [-0.4, -0.2) is 17.3 Å². The van der Waals surface area contributed by atoms with Crippen LogP contribution in [0.5, 0.6) is 17.2 Å². The van der Waals surface area contributed by atoms with Gasteiger partial charge in [0.25, 0.3) is 0 Å². The average Bonchev–Trinajstić information content (AvgIpc) is 2.84. The van der Waals surface area contributed by atoms with Crippen LogP contribution in [0.25, 0.3) is 21.9 Å². The van der Waals surface area contributed by atoms with Gasteiger partial charge in [-0.2, -0.15) is 0 Å². The SMILES string of the molecule is COc1ccc(C(c2c(O)c3cc(Br)ccc3oc2=O)c2c(O)c3cc(Br)ccc3oc2=O)cc1. The largest absolute Gasteiger partial charge is 0.507 e. The van der Waals surface area contributed by atoms with Crippen molar-refractivity contribution in [3.05, 3.63) is 107 Å². The highest BCUT2D eigenvalue weighted by molar-refractivity contribution is 9.10. The van der Waals surface area contributed by atoms with Crippen LogP contribution in [-0.2, 0) is 0 Å². The Bertz CT molecular complexity index is 1610. The quantitative estimate of drug-likeness (QED) is 0.243. The van der Waals surface area contributed by atoms with E-state index in [4.69, 9.17) is 13.6 Å². The van der Waals surface area contributed by atoms with E-state index in [-0.39, 0.29) is 44.6 Å². The van der Waals surface area contributed by atoms with Gasteiger partial charge < -0.3 is 23.8 Å². The molecule has 0 fully saturated rings. The molecule has 0 saturated carbocycles. The van der Waals surface area contributed by atoms with E-state index in [1.165, 1.54) is 7.11 Å². The molecule has 35 heavy (non-hydrogen) atoms. The van der Waals surface area contributed by atoms with Gasteiger partial charge in [-0.05, 0) is 54.1 Å². The number of ether oxygens (including phenoxy) is 1. The van der Waals surface area contributed by atoms with Crippen molar-refractivity contribution in [3.8, 4) is 17.2 Å². The van der Waals surface area contributed by atoms with Gasteiger partial charge in [-0.15, -0.1) is 0 Å². The van der Waals surface area contributed by atoms with Crippen LogP contribution >= 0.6 is 31.9 Å². The van der Waals surface area contributed by atoms with Gasteiger partial charge in [0.05, 0.1) is 34.9 Å². The molecule has 3 aromatic carbocycles. The monoisotopic (exact) mass is 598 g/mol. The van der Waals surface area contributed by atoms with Crippen LogP contribution in [0.3, 0.4) is 0 Å². The summed E-state index contributed by atoms with van der Waals surface area (Å²) in [5, 5.41) is 23.0. The molecule has 0 amide bonds. The second-order valence-electron chi connectivity index (χ2n) is 7.79. The fraction of sp³-hybridized carbons (Fsp3) is 0.0769. The molecule has 2 N–H and O–H groups in total. The fourth-order valence-corrected chi connectivity index (χ4v) is 4.85. The molecule has 176 valence electrons. The van der Waals surface area contributed by atoms with Gasteiger partial charge in [-0.25, -0.2) is 9.59 Å². The van der Waals surface area contributed by atoms with E-state index < -0.39 is 17.2 Å². The van der Waals surface area contributed by atoms with Crippen molar-refractivity contribution in [3.63, 3.8) is 0 Å². The Balaban J connectivity index is 1.90. The Kier molecular flexibility index (Phi) is 5.90. The number of methoxy groups -OCH3 is 1. The fourth-order valence-electron chi connectivity index (χ4n) is 4.13. The number of hydrogen-bond donors (Lipinski definition) is 2. The third kappa shape index (κ3) is 4.00. The third-order valence-electron chi connectivity index (χ3n) is 5.78. The Morgan fingerprint density at radius 2 is 1.20 bits per heavy atom. The topological polar surface area (TPSA) is 110 Å². The lowest BCUT2D eigenvalue weighted by Gasteiger charge is -2.20. The maximum atomic E-state index is 13.2. The summed E-state index contributed by atoms with van der Waals surface area (Å²) < 4.78 is 17.5. The maximum absolute atomic E-state index is 13.2. The zero-order valence-electron chi connectivity index (χ0n) is 18.0. The van der Waals surface area contributed by atoms with Crippen LogP contribution < -0.4 is 16.0 Å². The van der Waals surface area contributed by atoms with Gasteiger partial charge in [0.2, 0.25) is 0 Å². The summed E-state index contributed by atoms with van der Waals surface area (Å²) in [5.74, 6) is -1.40. The molecule has 2 aromatic heterocycles. The van der Waals surface area contributed by atoms with Crippen molar-refractivity contribution in [1.82, 2.24) is 0 Å². The van der Waals surface area contributed by atoms with Gasteiger partial charge >= 0.3 is 11.3 Å². The van der Waals surface area contributed by atoms with E-state index in [2.05, 4.69) is 31.9 Å². The van der Waals surface area contributed by atoms with Crippen molar-refractivity contribution in [2.75, 3.05) is 7.11 Å². The third-order valence-corrected chi connectivity index (χ3v) is 6.76. The van der Waals surface area contributed by atoms with Crippen molar-refractivity contribution in [2.24, 2.45) is 0 Å². The Labute approximate surface area is 214 Å². The second kappa shape index (κ2) is 8.90. The molecule has 0 atom stereocenters. The van der Waals surface area contributed by atoms with Crippen LogP contribution in [0, 0.1) is 0 Å². The van der Waals surface area contributed by atoms with E-state index >= 15 is 0 Å². The zero-order chi connectivity index (χ0) is 24.9. The van der Waals surface area contributed by atoms with Gasteiger partial charge in [-0.1, -0.05) is 44.0 Å². The molecule has 9 heteroatoms. The van der Waals surface area contributed by atoms with Gasteiger partial charge in [0.15, 0.2) is 0 Å². The lowest BCUT2D eigenvalue weighted by atomic mass is 9.84. The summed E-state index contributed by atoms with van der Waals surface area (Å²) in [6.07, 6.45) is 0. The highest BCUT2D eigenvalue weighted by Gasteiger charge is 2.32. The van der Waals surface area contributed by atoms with Crippen LogP contribution in [0.4, 0.5) is 0 Å². The molecule has 2 heterocycles. The molecule has 0 bridgehead atoms. The first kappa shape index (κ1) is 23.2. The van der Waals surface area contributed by atoms with E-state index in [1.807, 2.05) is 0 Å². The number of rotatable bonds is 4. The molecular formula is C26H16Br2O7. The molecule has 0 aliphatic rings. The molecule has 0 spiro atoms. The predicted molar refractivity (Wildman–Crippen MR) is 138 cm³/mol. The Hall–Kier alpha value is -3.56. The standard InChI is InChI=1S/C26H16Br2O7/c1-33-15-6-2-12(3-7-15)20(21-23(29)16-10-13(27)4-8-18(16)34-25(21)31)22-24(30)17-11-14(28)5-9-19(17)35-26(22)32/h2-11,20,29-30H,1H3. The number of aromatic hydroxyl groups is 2.